The Bertz CT molecular complexity index is 1380. The van der Waals surface area contributed by atoms with E-state index in [9.17, 15) is 12.8 Å². The molecule has 0 atom stereocenters. The number of anilines is 3. The van der Waals surface area contributed by atoms with Crippen molar-refractivity contribution in [3.05, 3.63) is 72.5 Å². The molecule has 164 valence electrons. The van der Waals surface area contributed by atoms with Gasteiger partial charge >= 0.3 is 0 Å². The summed E-state index contributed by atoms with van der Waals surface area (Å²) < 4.78 is 52.1. The number of nitrogens with zero attached hydrogens (tertiary/aromatic N) is 2. The smallest absolute Gasteiger partial charge is 0.263 e. The van der Waals surface area contributed by atoms with Crippen LogP contribution in [0.4, 0.5) is 21.7 Å². The molecule has 1 heterocycles. The SMILES string of the molecule is COc1ccc(OC)c(Nc2nc3ccccc3nc2NS(=O)(=O)c2ccc(F)cc2)c1. The van der Waals surface area contributed by atoms with Crippen LogP contribution in [-0.4, -0.2) is 32.6 Å². The summed E-state index contributed by atoms with van der Waals surface area (Å²) in [6.45, 7) is 0. The molecule has 1 aromatic heterocycles. The molecule has 10 heteroatoms. The Morgan fingerprint density at radius 2 is 1.50 bits per heavy atom. The van der Waals surface area contributed by atoms with Crippen molar-refractivity contribution in [1.29, 1.82) is 0 Å². The van der Waals surface area contributed by atoms with E-state index in [0.717, 1.165) is 12.1 Å². The van der Waals surface area contributed by atoms with Gasteiger partial charge in [0.1, 0.15) is 17.3 Å². The summed E-state index contributed by atoms with van der Waals surface area (Å²) in [4.78, 5) is 8.86. The lowest BCUT2D eigenvalue weighted by molar-refractivity contribution is 0.405. The Balaban J connectivity index is 1.80. The fourth-order valence-electron chi connectivity index (χ4n) is 3.00. The minimum atomic E-state index is -4.06. The molecule has 2 N–H and O–H groups in total. The largest absolute Gasteiger partial charge is 0.497 e. The van der Waals surface area contributed by atoms with Crippen LogP contribution >= 0.6 is 0 Å². The van der Waals surface area contributed by atoms with E-state index in [0.29, 0.717) is 28.2 Å². The Morgan fingerprint density at radius 3 is 2.12 bits per heavy atom. The minimum Gasteiger partial charge on any atom is -0.497 e. The normalized spacial score (nSPS) is 11.2. The number of hydrogen-bond acceptors (Lipinski definition) is 7. The van der Waals surface area contributed by atoms with Gasteiger partial charge in [0, 0.05) is 6.07 Å². The number of ether oxygens (including phenoxy) is 2. The molecule has 32 heavy (non-hydrogen) atoms. The Hall–Kier alpha value is -3.92. The van der Waals surface area contributed by atoms with Crippen LogP contribution < -0.4 is 19.5 Å². The van der Waals surface area contributed by atoms with Crippen LogP contribution in [0.15, 0.2) is 71.6 Å². The fraction of sp³-hybridized carbons (Fsp3) is 0.0909. The van der Waals surface area contributed by atoms with E-state index in [1.165, 1.54) is 26.4 Å². The third-order valence-corrected chi connectivity index (χ3v) is 5.94. The Kier molecular flexibility index (Phi) is 5.78. The number of halogens is 1. The molecule has 0 spiro atoms. The second-order valence-corrected chi connectivity index (χ2v) is 8.34. The predicted molar refractivity (Wildman–Crippen MR) is 120 cm³/mol. The van der Waals surface area contributed by atoms with E-state index in [2.05, 4.69) is 20.0 Å². The third-order valence-electron chi connectivity index (χ3n) is 4.59. The van der Waals surface area contributed by atoms with Crippen LogP contribution in [0.25, 0.3) is 11.0 Å². The molecule has 0 saturated heterocycles. The Morgan fingerprint density at radius 1 is 0.844 bits per heavy atom. The quantitative estimate of drug-likeness (QED) is 0.428. The molecule has 0 fully saturated rings. The van der Waals surface area contributed by atoms with Gasteiger partial charge in [-0.3, -0.25) is 4.72 Å². The summed E-state index contributed by atoms with van der Waals surface area (Å²) in [7, 11) is -1.01. The van der Waals surface area contributed by atoms with Crippen molar-refractivity contribution >= 4 is 38.4 Å². The van der Waals surface area contributed by atoms with Crippen LogP contribution in [0.1, 0.15) is 0 Å². The van der Waals surface area contributed by atoms with Crippen LogP contribution in [0.2, 0.25) is 0 Å². The first-order valence-corrected chi connectivity index (χ1v) is 10.9. The summed E-state index contributed by atoms with van der Waals surface area (Å²) in [5.41, 5.74) is 1.55. The van der Waals surface area contributed by atoms with Crippen molar-refractivity contribution in [3.63, 3.8) is 0 Å². The zero-order valence-corrected chi connectivity index (χ0v) is 18.0. The van der Waals surface area contributed by atoms with Crippen molar-refractivity contribution in [2.75, 3.05) is 24.3 Å². The lowest BCUT2D eigenvalue weighted by Gasteiger charge is -2.16. The van der Waals surface area contributed by atoms with Crippen molar-refractivity contribution < 1.29 is 22.3 Å². The molecule has 0 bridgehead atoms. The van der Waals surface area contributed by atoms with Gasteiger partial charge < -0.3 is 14.8 Å². The standard InChI is InChI=1S/C22H19FN4O4S/c1-30-15-9-12-20(31-2)19(13-15)26-21-22(25-18-6-4-3-5-17(18)24-21)27-32(28,29)16-10-7-14(23)8-11-16/h3-13H,1-2H3,(H,24,26)(H,25,27). The maximum Gasteiger partial charge on any atom is 0.263 e. The summed E-state index contributed by atoms with van der Waals surface area (Å²) in [6, 6.07) is 16.7. The van der Waals surface area contributed by atoms with Crippen LogP contribution in [0, 0.1) is 5.82 Å². The number of fused-ring (bicyclic) bond motifs is 1. The molecule has 0 amide bonds. The van der Waals surface area contributed by atoms with E-state index < -0.39 is 15.8 Å². The number of methoxy groups -OCH3 is 2. The second-order valence-electron chi connectivity index (χ2n) is 6.66. The monoisotopic (exact) mass is 454 g/mol. The number of sulfonamides is 1. The highest BCUT2D eigenvalue weighted by Crippen LogP contribution is 2.34. The topological polar surface area (TPSA) is 102 Å². The van der Waals surface area contributed by atoms with E-state index in [4.69, 9.17) is 9.47 Å². The van der Waals surface area contributed by atoms with Crippen LogP contribution in [-0.2, 0) is 10.0 Å². The average molecular weight is 454 g/mol. The number of rotatable bonds is 7. The molecule has 3 aromatic carbocycles. The molecule has 4 rings (SSSR count). The Labute approximate surface area is 184 Å². The zero-order valence-electron chi connectivity index (χ0n) is 17.2. The molecule has 0 aliphatic heterocycles. The number of para-hydroxylation sites is 2. The number of hydrogen-bond donors (Lipinski definition) is 2. The summed E-state index contributed by atoms with van der Waals surface area (Å²) in [6.07, 6.45) is 0. The van der Waals surface area contributed by atoms with Gasteiger partial charge in [0.25, 0.3) is 10.0 Å². The molecule has 0 unspecified atom stereocenters. The van der Waals surface area contributed by atoms with E-state index in [1.807, 2.05) is 0 Å². The zero-order chi connectivity index (χ0) is 22.7. The summed E-state index contributed by atoms with van der Waals surface area (Å²) in [5.74, 6) is 0.643. The molecule has 4 aromatic rings. The molecule has 0 radical (unpaired) electrons. The van der Waals surface area contributed by atoms with Gasteiger partial charge in [-0.05, 0) is 48.5 Å². The highest BCUT2D eigenvalue weighted by Gasteiger charge is 2.20. The fourth-order valence-corrected chi connectivity index (χ4v) is 4.01. The van der Waals surface area contributed by atoms with Crippen molar-refractivity contribution in [1.82, 2.24) is 9.97 Å². The van der Waals surface area contributed by atoms with E-state index in [1.54, 1.807) is 42.5 Å². The predicted octanol–water partition coefficient (Wildman–Crippen LogP) is 4.33. The maximum atomic E-state index is 13.2. The molecule has 0 saturated carbocycles. The first kappa shape index (κ1) is 21.3. The van der Waals surface area contributed by atoms with Gasteiger partial charge in [0.05, 0.1) is 35.8 Å². The molecular formula is C22H19FN4O4S. The van der Waals surface area contributed by atoms with Gasteiger partial charge in [-0.25, -0.2) is 22.8 Å². The third kappa shape index (κ3) is 4.40. The second kappa shape index (κ2) is 8.67. The first-order valence-electron chi connectivity index (χ1n) is 9.44. The maximum absolute atomic E-state index is 13.2. The van der Waals surface area contributed by atoms with Gasteiger partial charge in [-0.1, -0.05) is 12.1 Å². The van der Waals surface area contributed by atoms with Crippen molar-refractivity contribution in [3.8, 4) is 11.5 Å². The highest BCUT2D eigenvalue weighted by molar-refractivity contribution is 7.92. The van der Waals surface area contributed by atoms with E-state index >= 15 is 0 Å². The van der Waals surface area contributed by atoms with Crippen LogP contribution in [0.5, 0.6) is 11.5 Å². The van der Waals surface area contributed by atoms with Crippen molar-refractivity contribution in [2.45, 2.75) is 4.90 Å². The van der Waals surface area contributed by atoms with E-state index in [-0.39, 0.29) is 16.5 Å². The van der Waals surface area contributed by atoms with Gasteiger partial charge in [-0.15, -0.1) is 0 Å². The average Bonchev–Trinajstić information content (AvgIpc) is 2.79. The molecule has 0 aliphatic carbocycles. The van der Waals surface area contributed by atoms with Crippen LogP contribution in [0.3, 0.4) is 0 Å². The lowest BCUT2D eigenvalue weighted by Crippen LogP contribution is -2.16. The number of nitrogens with one attached hydrogen (secondary N) is 2. The summed E-state index contributed by atoms with van der Waals surface area (Å²) >= 11 is 0. The number of aromatic nitrogens is 2. The lowest BCUT2D eigenvalue weighted by atomic mass is 10.2. The number of benzene rings is 3. The van der Waals surface area contributed by atoms with Crippen molar-refractivity contribution in [2.24, 2.45) is 0 Å². The summed E-state index contributed by atoms with van der Waals surface area (Å²) in [5, 5.41) is 3.08. The van der Waals surface area contributed by atoms with Gasteiger partial charge in [0.2, 0.25) is 0 Å². The first-order chi connectivity index (χ1) is 15.4. The molecule has 8 nitrogen and oxygen atoms in total. The molecule has 0 aliphatic rings. The highest BCUT2D eigenvalue weighted by atomic mass is 32.2. The minimum absolute atomic E-state index is 0.0297. The van der Waals surface area contributed by atoms with Gasteiger partial charge in [-0.2, -0.15) is 0 Å². The van der Waals surface area contributed by atoms with Gasteiger partial charge in [0.15, 0.2) is 11.6 Å². The molecular weight excluding hydrogens is 435 g/mol.